The van der Waals surface area contributed by atoms with Crippen LogP contribution in [-0.2, 0) is 0 Å². The van der Waals surface area contributed by atoms with Crippen molar-refractivity contribution in [1.29, 1.82) is 0 Å². The standard InChI is InChI=1S/C16H25NO2S/c1-4-8-20-9-7-17-11-15(18)12-19-16-10-13(2)5-6-14(16)3/h4-6,10,15,17-18H,1,7-9,11-12H2,2-3H3. The number of nitrogens with one attached hydrogen (secondary N) is 1. The van der Waals surface area contributed by atoms with E-state index < -0.39 is 6.10 Å². The molecule has 0 aliphatic carbocycles. The van der Waals surface area contributed by atoms with Crippen LogP contribution in [0.2, 0.25) is 0 Å². The highest BCUT2D eigenvalue weighted by atomic mass is 32.2. The van der Waals surface area contributed by atoms with Crippen LogP contribution in [0.5, 0.6) is 5.75 Å². The Morgan fingerprint density at radius 2 is 2.25 bits per heavy atom. The molecule has 0 bridgehead atoms. The summed E-state index contributed by atoms with van der Waals surface area (Å²) in [4.78, 5) is 0. The van der Waals surface area contributed by atoms with Crippen LogP contribution in [0, 0.1) is 13.8 Å². The van der Waals surface area contributed by atoms with Crippen molar-refractivity contribution in [3.8, 4) is 5.75 Å². The molecule has 112 valence electrons. The molecule has 0 heterocycles. The topological polar surface area (TPSA) is 41.5 Å². The molecule has 0 aliphatic rings. The largest absolute Gasteiger partial charge is 0.491 e. The van der Waals surface area contributed by atoms with Crippen molar-refractivity contribution in [2.75, 3.05) is 31.2 Å². The van der Waals surface area contributed by atoms with Gasteiger partial charge in [-0.25, -0.2) is 0 Å². The maximum atomic E-state index is 9.86. The van der Waals surface area contributed by atoms with Gasteiger partial charge in [-0.2, -0.15) is 11.8 Å². The Morgan fingerprint density at radius 1 is 1.45 bits per heavy atom. The molecule has 1 aromatic rings. The minimum absolute atomic E-state index is 0.317. The zero-order valence-corrected chi connectivity index (χ0v) is 13.2. The van der Waals surface area contributed by atoms with Gasteiger partial charge in [-0.1, -0.05) is 18.2 Å². The van der Waals surface area contributed by atoms with Crippen LogP contribution in [0.3, 0.4) is 0 Å². The summed E-state index contributed by atoms with van der Waals surface area (Å²) >= 11 is 1.83. The molecule has 20 heavy (non-hydrogen) atoms. The molecule has 3 nitrogen and oxygen atoms in total. The Bertz CT molecular complexity index is 409. The van der Waals surface area contributed by atoms with Crippen molar-refractivity contribution in [3.63, 3.8) is 0 Å². The number of rotatable bonds is 10. The lowest BCUT2D eigenvalue weighted by molar-refractivity contribution is 0.106. The van der Waals surface area contributed by atoms with E-state index in [9.17, 15) is 5.11 Å². The molecule has 0 spiro atoms. The lowest BCUT2D eigenvalue weighted by atomic mass is 10.1. The van der Waals surface area contributed by atoms with Crippen LogP contribution in [0.25, 0.3) is 0 Å². The number of hydrogen-bond acceptors (Lipinski definition) is 4. The normalized spacial score (nSPS) is 12.2. The number of hydrogen-bond donors (Lipinski definition) is 2. The first kappa shape index (κ1) is 17.1. The molecule has 1 atom stereocenters. The molecule has 1 unspecified atom stereocenters. The molecule has 0 amide bonds. The molecule has 0 aliphatic heterocycles. The minimum atomic E-state index is -0.487. The molecule has 1 aromatic carbocycles. The van der Waals surface area contributed by atoms with E-state index in [4.69, 9.17) is 4.74 Å². The fourth-order valence-electron chi connectivity index (χ4n) is 1.69. The van der Waals surface area contributed by atoms with Crippen molar-refractivity contribution in [2.45, 2.75) is 20.0 Å². The molecular formula is C16H25NO2S. The number of benzene rings is 1. The highest BCUT2D eigenvalue weighted by molar-refractivity contribution is 7.99. The monoisotopic (exact) mass is 295 g/mol. The minimum Gasteiger partial charge on any atom is -0.491 e. The van der Waals surface area contributed by atoms with E-state index >= 15 is 0 Å². The number of aliphatic hydroxyl groups is 1. The number of ether oxygens (including phenoxy) is 1. The van der Waals surface area contributed by atoms with Crippen molar-refractivity contribution in [2.24, 2.45) is 0 Å². The zero-order valence-electron chi connectivity index (χ0n) is 12.4. The molecule has 2 N–H and O–H groups in total. The highest BCUT2D eigenvalue weighted by Crippen LogP contribution is 2.19. The Morgan fingerprint density at radius 3 is 3.00 bits per heavy atom. The first-order valence-corrected chi connectivity index (χ1v) is 8.06. The second-order valence-corrected chi connectivity index (χ2v) is 5.95. The zero-order chi connectivity index (χ0) is 14.8. The molecule has 1 rings (SSSR count). The van der Waals surface area contributed by atoms with Crippen LogP contribution < -0.4 is 10.1 Å². The Kier molecular flexibility index (Phi) is 8.42. The van der Waals surface area contributed by atoms with Crippen LogP contribution in [0.4, 0.5) is 0 Å². The SMILES string of the molecule is C=CCSCCNCC(O)COc1cc(C)ccc1C. The van der Waals surface area contributed by atoms with Gasteiger partial charge in [0.25, 0.3) is 0 Å². The van der Waals surface area contributed by atoms with Crippen LogP contribution in [0.15, 0.2) is 30.9 Å². The molecule has 0 fully saturated rings. The molecule has 0 aromatic heterocycles. The van der Waals surface area contributed by atoms with E-state index in [-0.39, 0.29) is 0 Å². The van der Waals surface area contributed by atoms with Crippen molar-refractivity contribution < 1.29 is 9.84 Å². The van der Waals surface area contributed by atoms with Crippen LogP contribution >= 0.6 is 11.8 Å². The summed E-state index contributed by atoms with van der Waals surface area (Å²) in [6, 6.07) is 6.09. The third-order valence-electron chi connectivity index (χ3n) is 2.81. The second-order valence-electron chi connectivity index (χ2n) is 4.80. The van der Waals surface area contributed by atoms with Gasteiger partial charge in [-0.3, -0.25) is 0 Å². The van der Waals surface area contributed by atoms with Gasteiger partial charge in [0.2, 0.25) is 0 Å². The lowest BCUT2D eigenvalue weighted by Crippen LogP contribution is -2.32. The maximum absolute atomic E-state index is 9.86. The van der Waals surface area contributed by atoms with Gasteiger partial charge >= 0.3 is 0 Å². The lowest BCUT2D eigenvalue weighted by Gasteiger charge is -2.15. The van der Waals surface area contributed by atoms with Gasteiger partial charge in [0.15, 0.2) is 0 Å². The highest BCUT2D eigenvalue weighted by Gasteiger charge is 2.06. The van der Waals surface area contributed by atoms with Gasteiger partial charge in [0, 0.05) is 24.6 Å². The summed E-state index contributed by atoms with van der Waals surface area (Å²) in [7, 11) is 0. The quantitative estimate of drug-likeness (QED) is 0.514. The summed E-state index contributed by atoms with van der Waals surface area (Å²) in [5.74, 6) is 2.85. The van der Waals surface area contributed by atoms with Gasteiger partial charge in [-0.05, 0) is 31.0 Å². The molecule has 0 saturated carbocycles. The van der Waals surface area contributed by atoms with Crippen LogP contribution in [0.1, 0.15) is 11.1 Å². The molecular weight excluding hydrogens is 270 g/mol. The average molecular weight is 295 g/mol. The summed E-state index contributed by atoms with van der Waals surface area (Å²) in [6.45, 7) is 9.48. The van der Waals surface area contributed by atoms with Crippen molar-refractivity contribution >= 4 is 11.8 Å². The Balaban J connectivity index is 2.17. The van der Waals surface area contributed by atoms with E-state index in [2.05, 4.69) is 18.0 Å². The maximum Gasteiger partial charge on any atom is 0.122 e. The Labute approximate surface area is 126 Å². The van der Waals surface area contributed by atoms with E-state index in [1.807, 2.05) is 43.8 Å². The molecule has 0 radical (unpaired) electrons. The number of thioether (sulfide) groups is 1. The third-order valence-corrected chi connectivity index (χ3v) is 3.78. The summed E-state index contributed by atoms with van der Waals surface area (Å²) in [5, 5.41) is 13.1. The number of aryl methyl sites for hydroxylation is 2. The predicted octanol–water partition coefficient (Wildman–Crippen LogP) is 2.55. The first-order valence-electron chi connectivity index (χ1n) is 6.91. The van der Waals surface area contributed by atoms with Gasteiger partial charge in [0.05, 0.1) is 0 Å². The van der Waals surface area contributed by atoms with E-state index in [0.717, 1.165) is 34.9 Å². The second kappa shape index (κ2) is 9.86. The summed E-state index contributed by atoms with van der Waals surface area (Å²) < 4.78 is 5.67. The fourth-order valence-corrected chi connectivity index (χ4v) is 2.31. The average Bonchev–Trinajstić information content (AvgIpc) is 2.43. The van der Waals surface area contributed by atoms with E-state index in [1.54, 1.807) is 0 Å². The molecule has 4 heteroatoms. The Hall–Kier alpha value is -0.970. The van der Waals surface area contributed by atoms with E-state index in [1.165, 1.54) is 0 Å². The van der Waals surface area contributed by atoms with Crippen molar-refractivity contribution in [1.82, 2.24) is 5.32 Å². The fraction of sp³-hybridized carbons (Fsp3) is 0.500. The number of aliphatic hydroxyl groups excluding tert-OH is 1. The summed E-state index contributed by atoms with van der Waals surface area (Å²) in [5.41, 5.74) is 2.26. The summed E-state index contributed by atoms with van der Waals surface area (Å²) in [6.07, 6.45) is 1.41. The smallest absolute Gasteiger partial charge is 0.122 e. The van der Waals surface area contributed by atoms with Crippen molar-refractivity contribution in [3.05, 3.63) is 42.0 Å². The predicted molar refractivity (Wildman–Crippen MR) is 87.8 cm³/mol. The van der Waals surface area contributed by atoms with Crippen LogP contribution in [-0.4, -0.2) is 42.4 Å². The van der Waals surface area contributed by atoms with Gasteiger partial charge < -0.3 is 15.2 Å². The van der Waals surface area contributed by atoms with Gasteiger partial charge in [0.1, 0.15) is 18.5 Å². The molecule has 0 saturated heterocycles. The van der Waals surface area contributed by atoms with E-state index in [0.29, 0.717) is 13.2 Å². The third kappa shape index (κ3) is 6.98. The van der Waals surface area contributed by atoms with Gasteiger partial charge in [-0.15, -0.1) is 6.58 Å². The first-order chi connectivity index (χ1) is 9.63.